The molecule has 4 heteroatoms. The van der Waals surface area contributed by atoms with E-state index in [2.05, 4.69) is 61.5 Å². The van der Waals surface area contributed by atoms with Crippen molar-refractivity contribution in [1.82, 2.24) is 15.2 Å². The van der Waals surface area contributed by atoms with Gasteiger partial charge < -0.3 is 15.2 Å². The number of H-pyrrole nitrogens is 1. The number of nitrogens with one attached hydrogen (secondary N) is 2. The van der Waals surface area contributed by atoms with Gasteiger partial charge in [0.25, 0.3) is 0 Å². The van der Waals surface area contributed by atoms with E-state index in [1.165, 1.54) is 27.6 Å². The molecular weight excluding hydrogens is 346 g/mol. The molecule has 0 saturated carbocycles. The molecule has 28 heavy (non-hydrogen) atoms. The smallest absolute Gasteiger partial charge is 0.230 e. The second kappa shape index (κ2) is 11.1. The highest BCUT2D eigenvalue weighted by Crippen LogP contribution is 2.36. The van der Waals surface area contributed by atoms with Crippen molar-refractivity contribution in [2.75, 3.05) is 26.2 Å². The van der Waals surface area contributed by atoms with Crippen LogP contribution in [0.5, 0.6) is 0 Å². The average molecular weight is 384 g/mol. The number of aryl methyl sites for hydroxylation is 1. The quantitative estimate of drug-likeness (QED) is 0.630. The van der Waals surface area contributed by atoms with Crippen LogP contribution in [0.25, 0.3) is 16.5 Å². The number of aromatic nitrogens is 1. The van der Waals surface area contributed by atoms with E-state index in [0.29, 0.717) is 6.54 Å². The van der Waals surface area contributed by atoms with Gasteiger partial charge in [0.2, 0.25) is 5.91 Å². The molecule has 2 N–H and O–H groups in total. The van der Waals surface area contributed by atoms with E-state index in [4.69, 9.17) is 0 Å². The van der Waals surface area contributed by atoms with Gasteiger partial charge in [-0.05, 0) is 62.4 Å². The van der Waals surface area contributed by atoms with Crippen molar-refractivity contribution >= 4 is 22.4 Å². The van der Waals surface area contributed by atoms with Gasteiger partial charge in [-0.3, -0.25) is 4.79 Å². The van der Waals surface area contributed by atoms with Crippen LogP contribution in [0.15, 0.2) is 30.5 Å². The highest BCUT2D eigenvalue weighted by molar-refractivity contribution is 5.97. The second-order valence-electron chi connectivity index (χ2n) is 7.06. The molecule has 2 aromatic rings. The molecule has 1 atom stereocenters. The Bertz CT molecular complexity index is 786. The molecule has 0 fully saturated rings. The number of amides is 1. The zero-order valence-electron chi connectivity index (χ0n) is 18.3. The SMILES string of the molecule is CC.CCCNCC(/C=C1\CCc2c[nH]c3cccc1c23)C(=O)N(CC)CC. The van der Waals surface area contributed by atoms with Crippen molar-refractivity contribution in [1.29, 1.82) is 0 Å². The molecule has 1 amide bonds. The fourth-order valence-corrected chi connectivity index (χ4v) is 3.96. The highest BCUT2D eigenvalue weighted by Gasteiger charge is 2.24. The van der Waals surface area contributed by atoms with Gasteiger partial charge in [0, 0.05) is 36.7 Å². The lowest BCUT2D eigenvalue weighted by molar-refractivity contribution is -0.133. The number of aromatic amines is 1. The first kappa shape index (κ1) is 22.2. The predicted octanol–water partition coefficient (Wildman–Crippen LogP) is 5.01. The maximum Gasteiger partial charge on any atom is 0.230 e. The number of hydrogen-bond acceptors (Lipinski definition) is 2. The first-order valence-electron chi connectivity index (χ1n) is 11.0. The molecule has 0 saturated heterocycles. The van der Waals surface area contributed by atoms with Gasteiger partial charge in [-0.1, -0.05) is 39.0 Å². The largest absolute Gasteiger partial charge is 0.361 e. The van der Waals surface area contributed by atoms with Crippen molar-refractivity contribution in [2.45, 2.75) is 53.9 Å². The van der Waals surface area contributed by atoms with Gasteiger partial charge >= 0.3 is 0 Å². The fraction of sp³-hybridized carbons (Fsp3) is 0.542. The maximum absolute atomic E-state index is 13.0. The Hall–Kier alpha value is -2.07. The highest BCUT2D eigenvalue weighted by atomic mass is 16.2. The summed E-state index contributed by atoms with van der Waals surface area (Å²) in [5.41, 5.74) is 5.19. The minimum absolute atomic E-state index is 0.104. The first-order valence-corrected chi connectivity index (χ1v) is 11.0. The standard InChI is InChI=1S/C22H31N3O.C2H6/c1-4-12-23-14-18(22(26)25(5-2)6-3)13-16-10-11-17-15-24-20-9-7-8-19(16)21(17)20;1-2/h7-9,13,15,18,23-24H,4-6,10-12,14H2,1-3H3;1-2H3/b16-13+;. The van der Waals surface area contributed by atoms with Crippen molar-refractivity contribution in [3.8, 4) is 0 Å². The fourth-order valence-electron chi connectivity index (χ4n) is 3.96. The Morgan fingerprint density at radius 1 is 1.21 bits per heavy atom. The summed E-state index contributed by atoms with van der Waals surface area (Å²) in [7, 11) is 0. The van der Waals surface area contributed by atoms with Crippen LogP contribution >= 0.6 is 0 Å². The third-order valence-electron chi connectivity index (χ3n) is 5.38. The molecule has 0 spiro atoms. The lowest BCUT2D eigenvalue weighted by Gasteiger charge is -2.25. The van der Waals surface area contributed by atoms with Gasteiger partial charge in [0.05, 0.1) is 5.92 Å². The Morgan fingerprint density at radius 3 is 2.64 bits per heavy atom. The molecule has 0 radical (unpaired) electrons. The van der Waals surface area contributed by atoms with E-state index in [9.17, 15) is 4.79 Å². The molecule has 1 aromatic heterocycles. The van der Waals surface area contributed by atoms with Crippen LogP contribution in [0.4, 0.5) is 0 Å². The average Bonchev–Trinajstić information content (AvgIpc) is 3.16. The molecule has 1 unspecified atom stereocenters. The lowest BCUT2D eigenvalue weighted by Crippen LogP contribution is -2.39. The number of carbonyl (C=O) groups excluding carboxylic acids is 1. The van der Waals surface area contributed by atoms with E-state index in [0.717, 1.165) is 38.9 Å². The number of allylic oxidation sites excluding steroid dienone is 1. The van der Waals surface area contributed by atoms with Gasteiger partial charge in [-0.15, -0.1) is 0 Å². The van der Waals surface area contributed by atoms with Crippen LogP contribution in [0, 0.1) is 5.92 Å². The van der Waals surface area contributed by atoms with Crippen LogP contribution in [0.2, 0.25) is 0 Å². The van der Waals surface area contributed by atoms with Crippen LogP contribution in [0.3, 0.4) is 0 Å². The van der Waals surface area contributed by atoms with E-state index < -0.39 is 0 Å². The molecule has 1 aromatic carbocycles. The molecule has 154 valence electrons. The molecule has 0 bridgehead atoms. The number of benzene rings is 1. The van der Waals surface area contributed by atoms with E-state index in [-0.39, 0.29) is 11.8 Å². The van der Waals surface area contributed by atoms with Gasteiger partial charge in [-0.25, -0.2) is 0 Å². The summed E-state index contributed by atoms with van der Waals surface area (Å²) in [6.45, 7) is 13.4. The summed E-state index contributed by atoms with van der Waals surface area (Å²) in [5, 5.41) is 4.78. The number of hydrogen-bond donors (Lipinski definition) is 2. The molecule has 1 aliphatic carbocycles. The van der Waals surface area contributed by atoms with E-state index >= 15 is 0 Å². The predicted molar refractivity (Wildman–Crippen MR) is 121 cm³/mol. The summed E-state index contributed by atoms with van der Waals surface area (Å²) < 4.78 is 0. The molecule has 1 aliphatic rings. The van der Waals surface area contributed by atoms with Crippen molar-refractivity contribution in [2.24, 2.45) is 5.92 Å². The van der Waals surface area contributed by atoms with E-state index in [1.54, 1.807) is 0 Å². The third-order valence-corrected chi connectivity index (χ3v) is 5.38. The summed E-state index contributed by atoms with van der Waals surface area (Å²) in [6, 6.07) is 6.43. The third kappa shape index (κ3) is 4.85. The number of rotatable bonds is 8. The Morgan fingerprint density at radius 2 is 1.96 bits per heavy atom. The Kier molecular flexibility index (Phi) is 8.78. The zero-order chi connectivity index (χ0) is 20.5. The molecule has 1 heterocycles. The van der Waals surface area contributed by atoms with Crippen LogP contribution in [-0.2, 0) is 11.2 Å². The molecular formula is C24H37N3O. The van der Waals surface area contributed by atoms with E-state index in [1.807, 2.05) is 18.7 Å². The monoisotopic (exact) mass is 383 g/mol. The van der Waals surface area contributed by atoms with Crippen molar-refractivity contribution in [3.05, 3.63) is 41.6 Å². The number of nitrogens with zero attached hydrogens (tertiary/aromatic N) is 1. The van der Waals surface area contributed by atoms with Crippen LogP contribution < -0.4 is 5.32 Å². The number of carbonyl (C=O) groups is 1. The van der Waals surface area contributed by atoms with Crippen LogP contribution in [-0.4, -0.2) is 42.0 Å². The summed E-state index contributed by atoms with van der Waals surface area (Å²) in [4.78, 5) is 18.4. The lowest BCUT2D eigenvalue weighted by atomic mass is 9.86. The Balaban J connectivity index is 0.00000136. The molecule has 3 rings (SSSR count). The minimum atomic E-state index is -0.104. The van der Waals surface area contributed by atoms with Crippen molar-refractivity contribution in [3.63, 3.8) is 0 Å². The minimum Gasteiger partial charge on any atom is -0.361 e. The maximum atomic E-state index is 13.0. The van der Waals surface area contributed by atoms with Gasteiger partial charge in [0.15, 0.2) is 0 Å². The summed E-state index contributed by atoms with van der Waals surface area (Å²) >= 11 is 0. The Labute approximate surface area is 170 Å². The van der Waals surface area contributed by atoms with Gasteiger partial charge in [0.1, 0.15) is 0 Å². The first-order chi connectivity index (χ1) is 13.7. The van der Waals surface area contributed by atoms with Gasteiger partial charge in [-0.2, -0.15) is 0 Å². The zero-order valence-corrected chi connectivity index (χ0v) is 18.3. The molecule has 0 aliphatic heterocycles. The summed E-state index contributed by atoms with van der Waals surface area (Å²) in [5.74, 6) is 0.130. The summed E-state index contributed by atoms with van der Waals surface area (Å²) in [6.07, 6.45) is 7.48. The van der Waals surface area contributed by atoms with Crippen molar-refractivity contribution < 1.29 is 4.79 Å². The second-order valence-corrected chi connectivity index (χ2v) is 7.06. The normalized spacial score (nSPS) is 15.2. The van der Waals surface area contributed by atoms with Crippen LogP contribution in [0.1, 0.15) is 58.6 Å². The molecule has 4 nitrogen and oxygen atoms in total. The topological polar surface area (TPSA) is 48.1 Å².